The lowest BCUT2D eigenvalue weighted by Gasteiger charge is -2.33. The largest absolute Gasteiger partial charge is 0.388 e. The zero-order valence-corrected chi connectivity index (χ0v) is 9.44. The second-order valence-corrected chi connectivity index (χ2v) is 5.33. The van der Waals surface area contributed by atoms with Gasteiger partial charge in [0.25, 0.3) is 0 Å². The maximum Gasteiger partial charge on any atom is 0.0815 e. The third kappa shape index (κ3) is 1.38. The molecule has 78 valence electrons. The number of rotatable bonds is 0. The van der Waals surface area contributed by atoms with Crippen LogP contribution in [-0.4, -0.2) is 10.1 Å². The first-order chi connectivity index (χ1) is 6.41. The molecule has 1 aromatic rings. The summed E-state index contributed by atoms with van der Waals surface area (Å²) in [6.45, 7) is 8.59. The van der Waals surface area contributed by atoms with Gasteiger partial charge in [-0.2, -0.15) is 0 Å². The van der Waals surface area contributed by atoms with Crippen molar-refractivity contribution in [2.45, 2.75) is 46.6 Å². The fourth-order valence-corrected chi connectivity index (χ4v) is 2.58. The van der Waals surface area contributed by atoms with E-state index >= 15 is 0 Å². The van der Waals surface area contributed by atoms with E-state index in [1.165, 1.54) is 17.0 Å². The third-order valence-electron chi connectivity index (χ3n) is 3.36. The second-order valence-electron chi connectivity index (χ2n) is 5.33. The quantitative estimate of drug-likeness (QED) is 0.653. The normalized spacial score (nSPS) is 24.8. The van der Waals surface area contributed by atoms with Gasteiger partial charge in [-0.15, -0.1) is 0 Å². The van der Waals surface area contributed by atoms with Crippen LogP contribution in [0, 0.1) is 19.3 Å². The smallest absolute Gasteiger partial charge is 0.0815 e. The summed E-state index contributed by atoms with van der Waals surface area (Å²) >= 11 is 0. The fourth-order valence-electron chi connectivity index (χ4n) is 2.58. The minimum atomic E-state index is -0.279. The van der Waals surface area contributed by atoms with Gasteiger partial charge in [0.15, 0.2) is 0 Å². The van der Waals surface area contributed by atoms with Crippen LogP contribution in [0.3, 0.4) is 0 Å². The standard InChI is InChI=1S/C12H19NO/c1-7-8(2)13-9-5-12(3,4)6-10(14)11(7)9/h10,13-14H,5-6H2,1-4H3. The van der Waals surface area contributed by atoms with Crippen LogP contribution in [0.4, 0.5) is 0 Å². The number of aromatic amines is 1. The maximum atomic E-state index is 10.1. The molecule has 0 radical (unpaired) electrons. The highest BCUT2D eigenvalue weighted by molar-refractivity contribution is 5.39. The number of aryl methyl sites for hydroxylation is 1. The minimum absolute atomic E-state index is 0.218. The Labute approximate surface area is 85.3 Å². The summed E-state index contributed by atoms with van der Waals surface area (Å²) in [6, 6.07) is 0. The number of aromatic nitrogens is 1. The number of fused-ring (bicyclic) bond motifs is 1. The summed E-state index contributed by atoms with van der Waals surface area (Å²) in [5.41, 5.74) is 5.05. The van der Waals surface area contributed by atoms with Crippen molar-refractivity contribution in [1.29, 1.82) is 0 Å². The predicted molar refractivity (Wildman–Crippen MR) is 57.3 cm³/mol. The van der Waals surface area contributed by atoms with E-state index < -0.39 is 0 Å². The van der Waals surface area contributed by atoms with Crippen LogP contribution in [-0.2, 0) is 6.42 Å². The minimum Gasteiger partial charge on any atom is -0.388 e. The van der Waals surface area contributed by atoms with Gasteiger partial charge in [0, 0.05) is 17.0 Å². The van der Waals surface area contributed by atoms with Gasteiger partial charge in [-0.3, -0.25) is 0 Å². The SMILES string of the molecule is Cc1[nH]c2c(c1C)C(O)CC(C)(C)C2. The molecular weight excluding hydrogens is 174 g/mol. The molecule has 0 aromatic carbocycles. The molecule has 0 bridgehead atoms. The Morgan fingerprint density at radius 3 is 2.64 bits per heavy atom. The average molecular weight is 193 g/mol. The van der Waals surface area contributed by atoms with Crippen molar-refractivity contribution in [3.05, 3.63) is 22.5 Å². The molecule has 14 heavy (non-hydrogen) atoms. The molecule has 0 amide bonds. The Hall–Kier alpha value is -0.760. The molecule has 1 atom stereocenters. The zero-order valence-electron chi connectivity index (χ0n) is 9.44. The molecule has 0 spiro atoms. The van der Waals surface area contributed by atoms with Crippen LogP contribution >= 0.6 is 0 Å². The highest BCUT2D eigenvalue weighted by Gasteiger charge is 2.33. The van der Waals surface area contributed by atoms with E-state index in [2.05, 4.69) is 32.7 Å². The van der Waals surface area contributed by atoms with Crippen molar-refractivity contribution in [1.82, 2.24) is 4.98 Å². The van der Waals surface area contributed by atoms with Gasteiger partial charge in [0.1, 0.15) is 0 Å². The molecule has 2 nitrogen and oxygen atoms in total. The summed E-state index contributed by atoms with van der Waals surface area (Å²) in [7, 11) is 0. The van der Waals surface area contributed by atoms with Crippen molar-refractivity contribution < 1.29 is 5.11 Å². The van der Waals surface area contributed by atoms with Crippen LogP contribution in [0.15, 0.2) is 0 Å². The van der Waals surface area contributed by atoms with Gasteiger partial charge in [0.2, 0.25) is 0 Å². The molecule has 1 aliphatic rings. The monoisotopic (exact) mass is 193 g/mol. The van der Waals surface area contributed by atoms with Crippen LogP contribution in [0.1, 0.15) is 48.9 Å². The first-order valence-corrected chi connectivity index (χ1v) is 5.27. The lowest BCUT2D eigenvalue weighted by Crippen LogP contribution is -2.25. The van der Waals surface area contributed by atoms with Crippen LogP contribution in [0.2, 0.25) is 0 Å². The average Bonchev–Trinajstić information content (AvgIpc) is 2.24. The molecule has 0 saturated carbocycles. The Balaban J connectivity index is 2.50. The van der Waals surface area contributed by atoms with Gasteiger partial charge >= 0.3 is 0 Å². The van der Waals surface area contributed by atoms with Gasteiger partial charge in [-0.1, -0.05) is 13.8 Å². The zero-order chi connectivity index (χ0) is 10.5. The van der Waals surface area contributed by atoms with Crippen molar-refractivity contribution in [3.63, 3.8) is 0 Å². The first kappa shape index (κ1) is 9.78. The predicted octanol–water partition coefficient (Wildman–Crippen LogP) is 2.64. The van der Waals surface area contributed by atoms with Crippen molar-refractivity contribution in [2.75, 3.05) is 0 Å². The number of hydrogen-bond donors (Lipinski definition) is 2. The first-order valence-electron chi connectivity index (χ1n) is 5.27. The Bertz CT molecular complexity index is 363. The molecule has 2 N–H and O–H groups in total. The van der Waals surface area contributed by atoms with Gasteiger partial charge in [0.05, 0.1) is 6.10 Å². The number of hydrogen-bond acceptors (Lipinski definition) is 1. The Morgan fingerprint density at radius 1 is 1.36 bits per heavy atom. The molecule has 1 aliphatic carbocycles. The van der Waals surface area contributed by atoms with Crippen molar-refractivity contribution in [3.8, 4) is 0 Å². The third-order valence-corrected chi connectivity index (χ3v) is 3.36. The molecule has 0 aliphatic heterocycles. The number of aliphatic hydroxyl groups is 1. The van der Waals surface area contributed by atoms with Gasteiger partial charge in [-0.05, 0) is 37.7 Å². The summed E-state index contributed by atoms with van der Waals surface area (Å²) in [6.07, 6.45) is 1.64. The lowest BCUT2D eigenvalue weighted by molar-refractivity contribution is 0.0988. The van der Waals surface area contributed by atoms with E-state index in [0.717, 1.165) is 18.4 Å². The molecule has 0 fully saturated rings. The fraction of sp³-hybridized carbons (Fsp3) is 0.667. The summed E-state index contributed by atoms with van der Waals surface area (Å²) in [5, 5.41) is 10.1. The van der Waals surface area contributed by atoms with Crippen molar-refractivity contribution in [2.24, 2.45) is 5.41 Å². The van der Waals surface area contributed by atoms with Crippen molar-refractivity contribution >= 4 is 0 Å². The van der Waals surface area contributed by atoms with Crippen LogP contribution in [0.5, 0.6) is 0 Å². The van der Waals surface area contributed by atoms with E-state index in [9.17, 15) is 5.11 Å². The Kier molecular flexibility index (Phi) is 2.00. The number of nitrogens with one attached hydrogen (secondary N) is 1. The molecule has 1 heterocycles. The molecule has 2 heteroatoms. The maximum absolute atomic E-state index is 10.1. The summed E-state index contributed by atoms with van der Waals surface area (Å²) in [5.74, 6) is 0. The topological polar surface area (TPSA) is 36.0 Å². The molecule has 0 saturated heterocycles. The van der Waals surface area contributed by atoms with Crippen LogP contribution < -0.4 is 0 Å². The number of aliphatic hydroxyl groups excluding tert-OH is 1. The molecule has 2 rings (SSSR count). The highest BCUT2D eigenvalue weighted by atomic mass is 16.3. The van der Waals surface area contributed by atoms with E-state index in [0.29, 0.717) is 0 Å². The molecule has 1 unspecified atom stereocenters. The summed E-state index contributed by atoms with van der Waals surface area (Å²) in [4.78, 5) is 3.39. The van der Waals surface area contributed by atoms with E-state index in [-0.39, 0.29) is 11.5 Å². The van der Waals surface area contributed by atoms with E-state index in [1.54, 1.807) is 0 Å². The van der Waals surface area contributed by atoms with Crippen LogP contribution in [0.25, 0.3) is 0 Å². The molecular formula is C12H19NO. The molecule has 1 aromatic heterocycles. The van der Waals surface area contributed by atoms with E-state index in [4.69, 9.17) is 0 Å². The second kappa shape index (κ2) is 2.86. The van der Waals surface area contributed by atoms with E-state index in [1.807, 2.05) is 0 Å². The van der Waals surface area contributed by atoms with Gasteiger partial charge in [-0.25, -0.2) is 0 Å². The lowest BCUT2D eigenvalue weighted by atomic mass is 9.75. The summed E-state index contributed by atoms with van der Waals surface area (Å²) < 4.78 is 0. The Morgan fingerprint density at radius 2 is 2.00 bits per heavy atom. The number of H-pyrrole nitrogens is 1. The van der Waals surface area contributed by atoms with Gasteiger partial charge < -0.3 is 10.1 Å². The highest BCUT2D eigenvalue weighted by Crippen LogP contribution is 2.42.